The fourth-order valence-electron chi connectivity index (χ4n) is 3.40. The van der Waals surface area contributed by atoms with Crippen molar-refractivity contribution in [2.75, 3.05) is 32.8 Å². The summed E-state index contributed by atoms with van der Waals surface area (Å²) in [5, 5.41) is -0.253. The molecule has 1 atom stereocenters. The first-order valence-corrected chi connectivity index (χ1v) is 10.8. The summed E-state index contributed by atoms with van der Waals surface area (Å²) < 4.78 is 11.8. The number of morpholine rings is 1. The second kappa shape index (κ2) is 13.1. The van der Waals surface area contributed by atoms with E-state index in [2.05, 4.69) is 24.0 Å². The Bertz CT molecular complexity index is 535. The quantitative estimate of drug-likeness (QED) is 0.333. The standard InChI is InChI=1S/C22H34ClNO3/c1-2-3-4-5-6-7-16-26-20-12-10-19(11-13-20)21-18-24(15-17-27-21)14-8-9-22(23)25/h10-13,21H,2-9,14-18H2,1H3. The molecule has 1 aliphatic heterocycles. The van der Waals surface area contributed by atoms with Gasteiger partial charge in [-0.2, -0.15) is 0 Å². The maximum atomic E-state index is 10.9. The van der Waals surface area contributed by atoms with E-state index in [1.165, 1.54) is 37.7 Å². The average Bonchev–Trinajstić information content (AvgIpc) is 2.68. The van der Waals surface area contributed by atoms with Crippen LogP contribution in [0.2, 0.25) is 0 Å². The summed E-state index contributed by atoms with van der Waals surface area (Å²) in [7, 11) is 0. The minimum Gasteiger partial charge on any atom is -0.494 e. The molecule has 1 saturated heterocycles. The van der Waals surface area contributed by atoms with Crippen molar-refractivity contribution in [1.82, 2.24) is 4.90 Å². The lowest BCUT2D eigenvalue weighted by atomic mass is 10.1. The van der Waals surface area contributed by atoms with E-state index in [0.717, 1.165) is 51.4 Å². The van der Waals surface area contributed by atoms with Gasteiger partial charge in [0.25, 0.3) is 0 Å². The SMILES string of the molecule is CCCCCCCCOc1ccc(C2CN(CCCC(=O)Cl)CCO2)cc1. The molecule has 2 rings (SSSR count). The van der Waals surface area contributed by atoms with Crippen molar-refractivity contribution in [2.24, 2.45) is 0 Å². The van der Waals surface area contributed by atoms with Gasteiger partial charge in [-0.15, -0.1) is 0 Å². The second-order valence-corrected chi connectivity index (χ2v) is 7.73. The summed E-state index contributed by atoms with van der Waals surface area (Å²) in [6.45, 7) is 6.40. The summed E-state index contributed by atoms with van der Waals surface area (Å²) in [5.41, 5.74) is 1.18. The topological polar surface area (TPSA) is 38.8 Å². The van der Waals surface area contributed by atoms with Crippen molar-refractivity contribution in [3.05, 3.63) is 29.8 Å². The van der Waals surface area contributed by atoms with Gasteiger partial charge in [-0.3, -0.25) is 9.69 Å². The van der Waals surface area contributed by atoms with E-state index in [1.54, 1.807) is 0 Å². The van der Waals surface area contributed by atoms with Gasteiger partial charge < -0.3 is 9.47 Å². The number of hydrogen-bond donors (Lipinski definition) is 0. The van der Waals surface area contributed by atoms with Gasteiger partial charge in [0.2, 0.25) is 5.24 Å². The molecule has 1 heterocycles. The van der Waals surface area contributed by atoms with Crippen LogP contribution in [0.3, 0.4) is 0 Å². The highest BCUT2D eigenvalue weighted by molar-refractivity contribution is 6.63. The zero-order chi connectivity index (χ0) is 19.3. The number of carbonyl (C=O) groups is 1. The van der Waals surface area contributed by atoms with Crippen molar-refractivity contribution in [1.29, 1.82) is 0 Å². The van der Waals surface area contributed by atoms with Gasteiger partial charge in [-0.05, 0) is 48.7 Å². The first-order valence-electron chi connectivity index (χ1n) is 10.4. The van der Waals surface area contributed by atoms with Crippen molar-refractivity contribution in [3.63, 3.8) is 0 Å². The number of hydrogen-bond acceptors (Lipinski definition) is 4. The van der Waals surface area contributed by atoms with Gasteiger partial charge in [0.15, 0.2) is 0 Å². The van der Waals surface area contributed by atoms with Crippen LogP contribution in [0.4, 0.5) is 0 Å². The molecule has 152 valence electrons. The third-order valence-electron chi connectivity index (χ3n) is 5.02. The van der Waals surface area contributed by atoms with Gasteiger partial charge >= 0.3 is 0 Å². The van der Waals surface area contributed by atoms with E-state index in [4.69, 9.17) is 21.1 Å². The Hall–Kier alpha value is -1.10. The van der Waals surface area contributed by atoms with Crippen LogP contribution in [0.25, 0.3) is 0 Å². The van der Waals surface area contributed by atoms with Gasteiger partial charge in [0.1, 0.15) is 5.75 Å². The Balaban J connectivity index is 1.68. The molecule has 0 amide bonds. The Morgan fingerprint density at radius 3 is 2.63 bits per heavy atom. The van der Waals surface area contributed by atoms with Crippen LogP contribution in [0, 0.1) is 0 Å². The lowest BCUT2D eigenvalue weighted by molar-refractivity contribution is -0.111. The van der Waals surface area contributed by atoms with Gasteiger partial charge in [-0.25, -0.2) is 0 Å². The van der Waals surface area contributed by atoms with E-state index in [0.29, 0.717) is 6.42 Å². The highest BCUT2D eigenvalue weighted by Crippen LogP contribution is 2.24. The summed E-state index contributed by atoms with van der Waals surface area (Å²) in [5.74, 6) is 0.931. The summed E-state index contributed by atoms with van der Waals surface area (Å²) in [6.07, 6.45) is 8.98. The third kappa shape index (κ3) is 9.09. The molecular formula is C22H34ClNO3. The molecule has 1 aliphatic rings. The van der Waals surface area contributed by atoms with Crippen molar-refractivity contribution >= 4 is 16.8 Å². The number of halogens is 1. The number of unbranched alkanes of at least 4 members (excludes halogenated alkanes) is 5. The van der Waals surface area contributed by atoms with Gasteiger partial charge in [0.05, 0.1) is 19.3 Å². The van der Waals surface area contributed by atoms with Crippen LogP contribution in [0.15, 0.2) is 24.3 Å². The van der Waals surface area contributed by atoms with Gasteiger partial charge in [-0.1, -0.05) is 51.2 Å². The number of rotatable bonds is 13. The Morgan fingerprint density at radius 1 is 1.15 bits per heavy atom. The molecule has 0 bridgehead atoms. The molecule has 27 heavy (non-hydrogen) atoms. The monoisotopic (exact) mass is 395 g/mol. The zero-order valence-corrected chi connectivity index (χ0v) is 17.4. The number of benzene rings is 1. The molecule has 1 fully saturated rings. The van der Waals surface area contributed by atoms with E-state index >= 15 is 0 Å². The van der Waals surface area contributed by atoms with Crippen LogP contribution in [0.1, 0.15) is 70.0 Å². The van der Waals surface area contributed by atoms with Crippen LogP contribution < -0.4 is 4.74 Å². The minimum atomic E-state index is -0.253. The number of ether oxygens (including phenoxy) is 2. The molecule has 1 unspecified atom stereocenters. The van der Waals surface area contributed by atoms with E-state index in [9.17, 15) is 4.79 Å². The molecule has 0 N–H and O–H groups in total. The van der Waals surface area contributed by atoms with E-state index in [-0.39, 0.29) is 11.3 Å². The maximum absolute atomic E-state index is 10.9. The Labute approximate surface area is 169 Å². The fourth-order valence-corrected chi connectivity index (χ4v) is 3.53. The van der Waals surface area contributed by atoms with Crippen LogP contribution in [-0.4, -0.2) is 43.0 Å². The molecule has 5 heteroatoms. The maximum Gasteiger partial charge on any atom is 0.221 e. The lowest BCUT2D eigenvalue weighted by Gasteiger charge is -2.33. The van der Waals surface area contributed by atoms with Crippen LogP contribution in [0.5, 0.6) is 5.75 Å². The summed E-state index contributed by atoms with van der Waals surface area (Å²) in [6, 6.07) is 8.29. The Morgan fingerprint density at radius 2 is 1.89 bits per heavy atom. The van der Waals surface area contributed by atoms with Crippen molar-refractivity contribution < 1.29 is 14.3 Å². The average molecular weight is 396 g/mol. The van der Waals surface area contributed by atoms with E-state index < -0.39 is 0 Å². The molecule has 1 aromatic rings. The first-order chi connectivity index (χ1) is 13.2. The van der Waals surface area contributed by atoms with Crippen molar-refractivity contribution in [2.45, 2.75) is 64.4 Å². The molecular weight excluding hydrogens is 362 g/mol. The lowest BCUT2D eigenvalue weighted by Crippen LogP contribution is -2.38. The van der Waals surface area contributed by atoms with Crippen LogP contribution in [-0.2, 0) is 9.53 Å². The minimum absolute atomic E-state index is 0.0815. The Kier molecular flexibility index (Phi) is 10.8. The molecule has 0 spiro atoms. The zero-order valence-electron chi connectivity index (χ0n) is 16.6. The predicted octanol–water partition coefficient (Wildman–Crippen LogP) is 5.34. The molecule has 0 aliphatic carbocycles. The number of carbonyl (C=O) groups excluding carboxylic acids is 1. The molecule has 1 aromatic carbocycles. The third-order valence-corrected chi connectivity index (χ3v) is 5.21. The smallest absolute Gasteiger partial charge is 0.221 e. The molecule has 0 radical (unpaired) electrons. The van der Waals surface area contributed by atoms with Crippen molar-refractivity contribution in [3.8, 4) is 5.75 Å². The number of nitrogens with zero attached hydrogens (tertiary/aromatic N) is 1. The second-order valence-electron chi connectivity index (χ2n) is 7.30. The fraction of sp³-hybridized carbons (Fsp3) is 0.682. The molecule has 0 aromatic heterocycles. The van der Waals surface area contributed by atoms with E-state index in [1.807, 2.05) is 12.1 Å². The highest BCUT2D eigenvalue weighted by atomic mass is 35.5. The largest absolute Gasteiger partial charge is 0.494 e. The summed E-state index contributed by atoms with van der Waals surface area (Å²) in [4.78, 5) is 13.2. The summed E-state index contributed by atoms with van der Waals surface area (Å²) >= 11 is 5.41. The predicted molar refractivity (Wildman–Crippen MR) is 111 cm³/mol. The normalized spacial score (nSPS) is 17.8. The van der Waals surface area contributed by atoms with Crippen LogP contribution >= 0.6 is 11.6 Å². The molecule has 0 saturated carbocycles. The highest BCUT2D eigenvalue weighted by Gasteiger charge is 2.21. The first kappa shape index (κ1) is 22.2. The molecule has 4 nitrogen and oxygen atoms in total. The van der Waals surface area contributed by atoms with Gasteiger partial charge in [0, 0.05) is 19.5 Å².